The maximum Gasteiger partial charge on any atom is 0.331 e. The van der Waals surface area contributed by atoms with Crippen molar-refractivity contribution in [3.63, 3.8) is 0 Å². The molecule has 0 bridgehead atoms. The molecule has 1 fully saturated rings. The molecule has 1 heterocycles. The standard InChI is InChI=1S/C17H22O8/c1-9-16(14(19)15(20)17(21)24-9)25-13(18)7-5-10-4-6-11(22-2)12(8-10)23-3/h4-9,14-17,19-21H,1-3H3/b7-5+/t9-,14-,15+,16-,17+/m0/s1. The number of aliphatic hydroxyl groups excluding tert-OH is 3. The molecule has 0 radical (unpaired) electrons. The van der Waals surface area contributed by atoms with Gasteiger partial charge < -0.3 is 34.3 Å². The summed E-state index contributed by atoms with van der Waals surface area (Å²) >= 11 is 0. The van der Waals surface area contributed by atoms with Gasteiger partial charge in [0.25, 0.3) is 0 Å². The van der Waals surface area contributed by atoms with E-state index in [1.807, 2.05) is 0 Å². The highest BCUT2D eigenvalue weighted by atomic mass is 16.7. The maximum absolute atomic E-state index is 12.0. The summed E-state index contributed by atoms with van der Waals surface area (Å²) in [5.74, 6) is 0.351. The summed E-state index contributed by atoms with van der Waals surface area (Å²) in [4.78, 5) is 12.0. The average molecular weight is 354 g/mol. The van der Waals surface area contributed by atoms with Gasteiger partial charge in [0.2, 0.25) is 0 Å². The van der Waals surface area contributed by atoms with E-state index in [0.717, 1.165) is 0 Å². The van der Waals surface area contributed by atoms with Crippen molar-refractivity contribution in [2.45, 2.75) is 37.6 Å². The van der Waals surface area contributed by atoms with Gasteiger partial charge in [-0.15, -0.1) is 0 Å². The van der Waals surface area contributed by atoms with Crippen LogP contribution in [-0.4, -0.2) is 66.2 Å². The zero-order chi connectivity index (χ0) is 18.6. The minimum Gasteiger partial charge on any atom is -0.493 e. The summed E-state index contributed by atoms with van der Waals surface area (Å²) in [5, 5.41) is 28.9. The molecule has 1 aliphatic rings. The Bertz CT molecular complexity index is 629. The molecule has 1 aromatic rings. The average Bonchev–Trinajstić information content (AvgIpc) is 2.61. The van der Waals surface area contributed by atoms with Crippen LogP contribution in [0.15, 0.2) is 24.3 Å². The number of aliphatic hydroxyl groups is 3. The first-order valence-electron chi connectivity index (χ1n) is 7.67. The van der Waals surface area contributed by atoms with Crippen LogP contribution in [0.2, 0.25) is 0 Å². The molecule has 5 atom stereocenters. The first-order chi connectivity index (χ1) is 11.9. The second-order valence-electron chi connectivity index (χ2n) is 5.56. The third-order valence-electron chi connectivity index (χ3n) is 3.87. The van der Waals surface area contributed by atoms with Gasteiger partial charge in [0.05, 0.1) is 20.3 Å². The summed E-state index contributed by atoms with van der Waals surface area (Å²) in [6.07, 6.45) is -3.70. The molecular formula is C17H22O8. The van der Waals surface area contributed by atoms with Crippen molar-refractivity contribution in [2.24, 2.45) is 0 Å². The molecule has 0 aliphatic carbocycles. The number of carbonyl (C=O) groups is 1. The lowest BCUT2D eigenvalue weighted by Crippen LogP contribution is -2.57. The minimum atomic E-state index is -1.55. The molecule has 2 rings (SSSR count). The van der Waals surface area contributed by atoms with Crippen LogP contribution in [0, 0.1) is 0 Å². The van der Waals surface area contributed by atoms with E-state index in [0.29, 0.717) is 17.1 Å². The lowest BCUT2D eigenvalue weighted by molar-refractivity contribution is -0.280. The third kappa shape index (κ3) is 4.49. The van der Waals surface area contributed by atoms with Crippen molar-refractivity contribution >= 4 is 12.0 Å². The van der Waals surface area contributed by atoms with Crippen molar-refractivity contribution in [3.8, 4) is 11.5 Å². The fraction of sp³-hybridized carbons (Fsp3) is 0.471. The van der Waals surface area contributed by atoms with Crippen LogP contribution in [0.5, 0.6) is 11.5 Å². The van der Waals surface area contributed by atoms with Gasteiger partial charge in [0.1, 0.15) is 12.2 Å². The minimum absolute atomic E-state index is 0.514. The van der Waals surface area contributed by atoms with Crippen molar-refractivity contribution in [1.29, 1.82) is 0 Å². The Morgan fingerprint density at radius 3 is 2.44 bits per heavy atom. The van der Waals surface area contributed by atoms with Crippen LogP contribution in [0.1, 0.15) is 12.5 Å². The number of rotatable bonds is 5. The molecule has 8 nitrogen and oxygen atoms in total. The topological polar surface area (TPSA) is 115 Å². The van der Waals surface area contributed by atoms with Gasteiger partial charge in [-0.05, 0) is 30.7 Å². The normalized spacial score (nSPS) is 29.4. The van der Waals surface area contributed by atoms with Crippen molar-refractivity contribution in [2.75, 3.05) is 14.2 Å². The number of hydrogen-bond acceptors (Lipinski definition) is 8. The molecule has 1 aromatic carbocycles. The highest BCUT2D eigenvalue weighted by Gasteiger charge is 2.43. The summed E-state index contributed by atoms with van der Waals surface area (Å²) in [5.41, 5.74) is 0.679. The van der Waals surface area contributed by atoms with Gasteiger partial charge in [0.15, 0.2) is 23.9 Å². The van der Waals surface area contributed by atoms with E-state index in [-0.39, 0.29) is 0 Å². The number of methoxy groups -OCH3 is 2. The van der Waals surface area contributed by atoms with E-state index in [1.165, 1.54) is 33.3 Å². The number of esters is 1. The summed E-state index contributed by atoms with van der Waals surface area (Å²) in [7, 11) is 3.03. The quantitative estimate of drug-likeness (QED) is 0.503. The van der Waals surface area contributed by atoms with Gasteiger partial charge >= 0.3 is 5.97 Å². The Morgan fingerprint density at radius 1 is 1.12 bits per heavy atom. The van der Waals surface area contributed by atoms with Crippen molar-refractivity contribution in [1.82, 2.24) is 0 Å². The molecule has 3 N–H and O–H groups in total. The number of benzene rings is 1. The number of carbonyl (C=O) groups excluding carboxylic acids is 1. The monoisotopic (exact) mass is 354 g/mol. The first kappa shape index (κ1) is 19.2. The molecule has 1 saturated heterocycles. The molecule has 25 heavy (non-hydrogen) atoms. The van der Waals surface area contributed by atoms with Gasteiger partial charge in [-0.25, -0.2) is 4.79 Å². The van der Waals surface area contributed by atoms with Crippen LogP contribution in [-0.2, 0) is 14.3 Å². The second kappa shape index (κ2) is 8.30. The Labute approximate surface area is 145 Å². The van der Waals surface area contributed by atoms with Gasteiger partial charge in [0, 0.05) is 6.08 Å². The van der Waals surface area contributed by atoms with E-state index in [2.05, 4.69) is 0 Å². The second-order valence-corrected chi connectivity index (χ2v) is 5.56. The number of ether oxygens (including phenoxy) is 4. The third-order valence-corrected chi connectivity index (χ3v) is 3.87. The van der Waals surface area contributed by atoms with E-state index in [4.69, 9.17) is 18.9 Å². The Balaban J connectivity index is 2.03. The van der Waals surface area contributed by atoms with E-state index >= 15 is 0 Å². The smallest absolute Gasteiger partial charge is 0.331 e. The lowest BCUT2D eigenvalue weighted by atomic mass is 10.00. The SMILES string of the molecule is COc1ccc(/C=C/C(=O)O[C@@H]2[C@@H](O)[C@@H](O)[C@H](O)O[C@H]2C)cc1OC. The van der Waals surface area contributed by atoms with Gasteiger partial charge in [-0.2, -0.15) is 0 Å². The largest absolute Gasteiger partial charge is 0.493 e. The van der Waals surface area contributed by atoms with E-state index < -0.39 is 36.7 Å². The predicted molar refractivity (Wildman–Crippen MR) is 87.0 cm³/mol. The maximum atomic E-state index is 12.0. The molecule has 138 valence electrons. The van der Waals surface area contributed by atoms with Crippen molar-refractivity contribution < 1.29 is 39.1 Å². The highest BCUT2D eigenvalue weighted by Crippen LogP contribution is 2.28. The molecule has 0 unspecified atom stereocenters. The highest BCUT2D eigenvalue weighted by molar-refractivity contribution is 5.87. The Kier molecular flexibility index (Phi) is 6.38. The van der Waals surface area contributed by atoms with Gasteiger partial charge in [-0.1, -0.05) is 6.07 Å². The Hall–Kier alpha value is -2.13. The zero-order valence-corrected chi connectivity index (χ0v) is 14.2. The van der Waals surface area contributed by atoms with Gasteiger partial charge in [-0.3, -0.25) is 0 Å². The summed E-state index contributed by atoms with van der Waals surface area (Å²) < 4.78 is 20.5. The van der Waals surface area contributed by atoms with E-state index in [1.54, 1.807) is 18.2 Å². The molecule has 0 aromatic heterocycles. The van der Waals surface area contributed by atoms with E-state index in [9.17, 15) is 20.1 Å². The lowest BCUT2D eigenvalue weighted by Gasteiger charge is -2.38. The van der Waals surface area contributed by atoms with Crippen LogP contribution in [0.3, 0.4) is 0 Å². The van der Waals surface area contributed by atoms with Crippen molar-refractivity contribution in [3.05, 3.63) is 29.8 Å². The zero-order valence-electron chi connectivity index (χ0n) is 14.2. The Morgan fingerprint density at radius 2 is 1.80 bits per heavy atom. The molecule has 8 heteroatoms. The molecule has 0 amide bonds. The van der Waals surface area contributed by atoms with Crippen LogP contribution in [0.4, 0.5) is 0 Å². The molecule has 0 spiro atoms. The first-order valence-corrected chi connectivity index (χ1v) is 7.67. The molecule has 1 aliphatic heterocycles. The fourth-order valence-corrected chi connectivity index (χ4v) is 2.48. The van der Waals surface area contributed by atoms with Crippen LogP contribution < -0.4 is 9.47 Å². The van der Waals surface area contributed by atoms with Crippen LogP contribution >= 0.6 is 0 Å². The molecule has 0 saturated carbocycles. The fourth-order valence-electron chi connectivity index (χ4n) is 2.48. The number of hydrogen-bond donors (Lipinski definition) is 3. The summed E-state index contributed by atoms with van der Waals surface area (Å²) in [6, 6.07) is 5.11. The predicted octanol–water partition coefficient (Wildman–Crippen LogP) is 0.0877. The summed E-state index contributed by atoms with van der Waals surface area (Å²) in [6.45, 7) is 1.52. The molecular weight excluding hydrogens is 332 g/mol. The van der Waals surface area contributed by atoms with Crippen LogP contribution in [0.25, 0.3) is 6.08 Å².